The quantitative estimate of drug-likeness (QED) is 0.917. The van der Waals surface area contributed by atoms with Gasteiger partial charge in [0.1, 0.15) is 17.5 Å². The summed E-state index contributed by atoms with van der Waals surface area (Å²) in [5.41, 5.74) is 0.485. The Balaban J connectivity index is 1.70. The summed E-state index contributed by atoms with van der Waals surface area (Å²) in [5, 5.41) is 11.1. The number of fused-ring (bicyclic) bond motifs is 1. The van der Waals surface area contributed by atoms with Gasteiger partial charge in [0.2, 0.25) is 0 Å². The SMILES string of the molecule is CCC(O)(CN1CCCCC1)C1Cc2ccccc2O1. The van der Waals surface area contributed by atoms with Crippen molar-refractivity contribution in [2.24, 2.45) is 0 Å². The third-order valence-corrected chi connectivity index (χ3v) is 4.80. The Hall–Kier alpha value is -1.06. The molecule has 0 aromatic heterocycles. The number of piperidine rings is 1. The average Bonchev–Trinajstić information content (AvgIpc) is 2.93. The highest BCUT2D eigenvalue weighted by Crippen LogP contribution is 2.35. The molecule has 2 heterocycles. The molecular formula is C17H25NO2. The van der Waals surface area contributed by atoms with E-state index in [1.165, 1.54) is 24.8 Å². The van der Waals surface area contributed by atoms with Gasteiger partial charge in [0.25, 0.3) is 0 Å². The number of hydrogen-bond donors (Lipinski definition) is 1. The van der Waals surface area contributed by atoms with Gasteiger partial charge in [-0.3, -0.25) is 0 Å². The van der Waals surface area contributed by atoms with Crippen molar-refractivity contribution in [1.29, 1.82) is 0 Å². The van der Waals surface area contributed by atoms with Crippen molar-refractivity contribution >= 4 is 0 Å². The molecular weight excluding hydrogens is 250 g/mol. The summed E-state index contributed by atoms with van der Waals surface area (Å²) in [6.07, 6.45) is 5.30. The zero-order valence-electron chi connectivity index (χ0n) is 12.3. The van der Waals surface area contributed by atoms with Crippen LogP contribution in [-0.4, -0.2) is 41.3 Å². The number of benzene rings is 1. The van der Waals surface area contributed by atoms with Crippen LogP contribution in [0.25, 0.3) is 0 Å². The number of nitrogens with zero attached hydrogens (tertiary/aromatic N) is 1. The summed E-state index contributed by atoms with van der Waals surface area (Å²) < 4.78 is 6.03. The molecule has 3 heteroatoms. The van der Waals surface area contributed by atoms with E-state index in [2.05, 4.69) is 17.9 Å². The minimum atomic E-state index is -0.740. The third-order valence-electron chi connectivity index (χ3n) is 4.80. The van der Waals surface area contributed by atoms with Gasteiger partial charge in [-0.2, -0.15) is 0 Å². The Bertz CT molecular complexity index is 431. The lowest BCUT2D eigenvalue weighted by Crippen LogP contribution is -2.53. The standard InChI is InChI=1S/C17H25NO2/c1-2-17(19,13-18-10-6-3-7-11-18)16-12-14-8-4-5-9-15(14)20-16/h4-5,8-9,16,19H,2-3,6-7,10-13H2,1H3. The molecule has 3 rings (SSSR count). The maximum atomic E-state index is 11.1. The first-order chi connectivity index (χ1) is 9.71. The minimum absolute atomic E-state index is 0.105. The zero-order chi connectivity index (χ0) is 14.0. The molecule has 0 saturated carbocycles. The smallest absolute Gasteiger partial charge is 0.133 e. The molecule has 1 aromatic rings. The van der Waals surface area contributed by atoms with Gasteiger partial charge in [-0.25, -0.2) is 0 Å². The third kappa shape index (κ3) is 2.70. The number of likely N-dealkylation sites (tertiary alicyclic amines) is 1. The lowest BCUT2D eigenvalue weighted by molar-refractivity contribution is -0.0781. The largest absolute Gasteiger partial charge is 0.487 e. The van der Waals surface area contributed by atoms with Gasteiger partial charge < -0.3 is 14.7 Å². The van der Waals surface area contributed by atoms with Crippen LogP contribution >= 0.6 is 0 Å². The molecule has 2 aliphatic heterocycles. The molecule has 20 heavy (non-hydrogen) atoms. The van der Waals surface area contributed by atoms with Gasteiger partial charge in [0.15, 0.2) is 0 Å². The Labute approximate surface area is 121 Å². The highest BCUT2D eigenvalue weighted by Gasteiger charge is 2.42. The lowest BCUT2D eigenvalue weighted by Gasteiger charge is -2.38. The van der Waals surface area contributed by atoms with E-state index in [0.717, 1.165) is 38.2 Å². The highest BCUT2D eigenvalue weighted by molar-refractivity contribution is 5.38. The molecule has 2 unspecified atom stereocenters. The normalized spacial score (nSPS) is 25.8. The molecule has 0 aliphatic carbocycles. The van der Waals surface area contributed by atoms with Crippen LogP contribution in [0.15, 0.2) is 24.3 Å². The van der Waals surface area contributed by atoms with Crippen LogP contribution in [-0.2, 0) is 6.42 Å². The number of para-hydroxylation sites is 1. The van der Waals surface area contributed by atoms with E-state index >= 15 is 0 Å². The number of β-amino-alcohol motifs (C(OH)–C–C–N with tert-alkyl or cyclic N) is 1. The zero-order valence-corrected chi connectivity index (χ0v) is 12.3. The molecule has 2 aliphatic rings. The predicted octanol–water partition coefficient (Wildman–Crippen LogP) is 2.62. The lowest BCUT2D eigenvalue weighted by atomic mass is 9.89. The van der Waals surface area contributed by atoms with Crippen molar-refractivity contribution in [2.45, 2.75) is 50.7 Å². The number of ether oxygens (including phenoxy) is 1. The number of rotatable bonds is 4. The summed E-state index contributed by atoms with van der Waals surface area (Å²) in [7, 11) is 0. The first-order valence-corrected chi connectivity index (χ1v) is 7.90. The summed E-state index contributed by atoms with van der Waals surface area (Å²) >= 11 is 0. The van der Waals surface area contributed by atoms with E-state index in [1.54, 1.807) is 0 Å². The van der Waals surface area contributed by atoms with Crippen molar-refractivity contribution in [3.05, 3.63) is 29.8 Å². The maximum absolute atomic E-state index is 11.1. The Morgan fingerprint density at radius 2 is 2.00 bits per heavy atom. The van der Waals surface area contributed by atoms with Gasteiger partial charge in [-0.1, -0.05) is 31.5 Å². The summed E-state index contributed by atoms with van der Waals surface area (Å²) in [5.74, 6) is 0.947. The predicted molar refractivity (Wildman–Crippen MR) is 80.1 cm³/mol. The van der Waals surface area contributed by atoms with Crippen LogP contribution in [0.5, 0.6) is 5.75 Å². The van der Waals surface area contributed by atoms with Gasteiger partial charge in [-0.05, 0) is 44.0 Å². The van der Waals surface area contributed by atoms with Crippen LogP contribution in [0.4, 0.5) is 0 Å². The topological polar surface area (TPSA) is 32.7 Å². The first-order valence-electron chi connectivity index (χ1n) is 7.90. The van der Waals surface area contributed by atoms with Crippen LogP contribution < -0.4 is 4.74 Å². The van der Waals surface area contributed by atoms with Crippen molar-refractivity contribution in [3.8, 4) is 5.75 Å². The fourth-order valence-corrected chi connectivity index (χ4v) is 3.43. The summed E-state index contributed by atoms with van der Waals surface area (Å²) in [4.78, 5) is 2.40. The summed E-state index contributed by atoms with van der Waals surface area (Å²) in [6.45, 7) is 5.03. The maximum Gasteiger partial charge on any atom is 0.133 e. The molecule has 1 aromatic carbocycles. The van der Waals surface area contributed by atoms with E-state index in [1.807, 2.05) is 18.2 Å². The van der Waals surface area contributed by atoms with Crippen molar-refractivity contribution in [1.82, 2.24) is 4.90 Å². The van der Waals surface area contributed by atoms with E-state index in [4.69, 9.17) is 4.74 Å². The van der Waals surface area contributed by atoms with E-state index in [-0.39, 0.29) is 6.10 Å². The fraction of sp³-hybridized carbons (Fsp3) is 0.647. The van der Waals surface area contributed by atoms with E-state index in [9.17, 15) is 5.11 Å². The second kappa shape index (κ2) is 5.74. The highest BCUT2D eigenvalue weighted by atomic mass is 16.5. The van der Waals surface area contributed by atoms with Crippen molar-refractivity contribution in [2.75, 3.05) is 19.6 Å². The second-order valence-corrected chi connectivity index (χ2v) is 6.21. The van der Waals surface area contributed by atoms with E-state index in [0.29, 0.717) is 0 Å². The molecule has 0 bridgehead atoms. The molecule has 3 nitrogen and oxygen atoms in total. The first kappa shape index (κ1) is 13.9. The van der Waals surface area contributed by atoms with Crippen LogP contribution in [0, 0.1) is 0 Å². The summed E-state index contributed by atoms with van der Waals surface area (Å²) in [6, 6.07) is 8.15. The molecule has 1 fully saturated rings. The Kier molecular flexibility index (Phi) is 3.99. The Morgan fingerprint density at radius 1 is 1.25 bits per heavy atom. The van der Waals surface area contributed by atoms with Crippen molar-refractivity contribution < 1.29 is 9.84 Å². The van der Waals surface area contributed by atoms with Gasteiger partial charge in [0.05, 0.1) is 0 Å². The van der Waals surface area contributed by atoms with Crippen LogP contribution in [0.3, 0.4) is 0 Å². The average molecular weight is 275 g/mol. The molecule has 0 spiro atoms. The van der Waals surface area contributed by atoms with Gasteiger partial charge in [0, 0.05) is 13.0 Å². The molecule has 0 radical (unpaired) electrons. The Morgan fingerprint density at radius 3 is 2.70 bits per heavy atom. The minimum Gasteiger partial charge on any atom is -0.487 e. The van der Waals surface area contributed by atoms with E-state index < -0.39 is 5.60 Å². The van der Waals surface area contributed by atoms with Crippen molar-refractivity contribution in [3.63, 3.8) is 0 Å². The fourth-order valence-electron chi connectivity index (χ4n) is 3.43. The molecule has 0 amide bonds. The molecule has 1 N–H and O–H groups in total. The van der Waals surface area contributed by atoms with Crippen LogP contribution in [0.2, 0.25) is 0 Å². The molecule has 110 valence electrons. The monoisotopic (exact) mass is 275 g/mol. The van der Waals surface area contributed by atoms with Crippen LogP contribution in [0.1, 0.15) is 38.2 Å². The molecule has 2 atom stereocenters. The van der Waals surface area contributed by atoms with Gasteiger partial charge >= 0.3 is 0 Å². The number of aliphatic hydroxyl groups is 1. The molecule has 1 saturated heterocycles. The second-order valence-electron chi connectivity index (χ2n) is 6.21. The van der Waals surface area contributed by atoms with Gasteiger partial charge in [-0.15, -0.1) is 0 Å². The number of hydrogen-bond acceptors (Lipinski definition) is 3.